The number of H-pyrrole nitrogens is 1. The van der Waals surface area contributed by atoms with Crippen LogP contribution in [0.2, 0.25) is 0 Å². The van der Waals surface area contributed by atoms with Crippen molar-refractivity contribution in [2.75, 3.05) is 32.6 Å². The van der Waals surface area contributed by atoms with Crippen LogP contribution in [-0.2, 0) is 11.3 Å². The van der Waals surface area contributed by atoms with E-state index in [2.05, 4.69) is 40.3 Å². The van der Waals surface area contributed by atoms with Crippen LogP contribution in [0.3, 0.4) is 0 Å². The maximum Gasteiger partial charge on any atom is 0.337 e. The van der Waals surface area contributed by atoms with Gasteiger partial charge in [0.2, 0.25) is 0 Å². The zero-order valence-electron chi connectivity index (χ0n) is 21.4. The summed E-state index contributed by atoms with van der Waals surface area (Å²) in [6.45, 7) is 7.97. The first kappa shape index (κ1) is 26.1. The normalized spacial score (nSPS) is 15.6. The summed E-state index contributed by atoms with van der Waals surface area (Å²) < 4.78 is 10.7. The highest BCUT2D eigenvalue weighted by atomic mass is 16.5. The average Bonchev–Trinajstić information content (AvgIpc) is 3.40. The Morgan fingerprint density at radius 3 is 2.74 bits per heavy atom. The number of ether oxygens (including phenoxy) is 2. The molecule has 1 unspecified atom stereocenters. The summed E-state index contributed by atoms with van der Waals surface area (Å²) in [4.78, 5) is 17.9. The maximum atomic E-state index is 12.1. The van der Waals surface area contributed by atoms with Crippen LogP contribution in [0.5, 0.6) is 5.75 Å². The number of likely N-dealkylation sites (tertiary alicyclic amines) is 1. The van der Waals surface area contributed by atoms with Crippen LogP contribution < -0.4 is 10.1 Å². The highest BCUT2D eigenvalue weighted by Gasteiger charge is 2.28. The molecule has 3 aromatic rings. The molecule has 1 aliphatic rings. The second-order valence-corrected chi connectivity index (χ2v) is 8.43. The molecular formula is C28H36N4O3. The second kappa shape index (κ2) is 12.3. The van der Waals surface area contributed by atoms with Crippen molar-refractivity contribution in [3.63, 3.8) is 0 Å². The molecule has 0 spiro atoms. The molecule has 1 atom stereocenters. The Morgan fingerprint density at radius 1 is 1.23 bits per heavy atom. The molecular weight excluding hydrogens is 440 g/mol. The van der Waals surface area contributed by atoms with Gasteiger partial charge in [-0.1, -0.05) is 26.3 Å². The number of aryl methyl sites for hydroxylation is 1. The Labute approximate surface area is 208 Å². The molecule has 7 nitrogen and oxygen atoms in total. The van der Waals surface area contributed by atoms with Crippen molar-refractivity contribution in [3.05, 3.63) is 58.8 Å². The fourth-order valence-corrected chi connectivity index (χ4v) is 4.90. The number of anilines is 1. The average molecular weight is 477 g/mol. The largest absolute Gasteiger partial charge is 0.496 e. The number of aromatic nitrogens is 1. The van der Waals surface area contributed by atoms with Crippen LogP contribution >= 0.6 is 0 Å². The molecule has 2 aromatic carbocycles. The van der Waals surface area contributed by atoms with Crippen LogP contribution in [0.25, 0.3) is 10.9 Å². The van der Waals surface area contributed by atoms with Gasteiger partial charge >= 0.3 is 5.97 Å². The number of aromatic amines is 1. The second-order valence-electron chi connectivity index (χ2n) is 8.43. The van der Waals surface area contributed by atoms with Gasteiger partial charge in [0.1, 0.15) is 12.3 Å². The zero-order valence-corrected chi connectivity index (χ0v) is 21.4. The number of rotatable bonds is 7. The molecule has 1 fully saturated rings. The lowest BCUT2D eigenvalue weighted by Crippen LogP contribution is -2.33. The highest BCUT2D eigenvalue weighted by molar-refractivity contribution is 5.91. The Morgan fingerprint density at radius 2 is 2.03 bits per heavy atom. The summed E-state index contributed by atoms with van der Waals surface area (Å²) >= 11 is 0. The maximum absolute atomic E-state index is 12.1. The van der Waals surface area contributed by atoms with E-state index in [0.717, 1.165) is 60.4 Å². The van der Waals surface area contributed by atoms with E-state index in [1.807, 2.05) is 32.2 Å². The lowest BCUT2D eigenvalue weighted by atomic mass is 9.92. The van der Waals surface area contributed by atoms with Crippen molar-refractivity contribution >= 4 is 22.6 Å². The van der Waals surface area contributed by atoms with Crippen molar-refractivity contribution in [2.45, 2.75) is 52.6 Å². The number of fused-ring (bicyclic) bond motifs is 1. The van der Waals surface area contributed by atoms with Crippen LogP contribution in [0.1, 0.15) is 66.2 Å². The Kier molecular flexibility index (Phi) is 9.16. The van der Waals surface area contributed by atoms with Gasteiger partial charge in [-0.05, 0) is 61.7 Å². The quantitative estimate of drug-likeness (QED) is 0.323. The van der Waals surface area contributed by atoms with Gasteiger partial charge in [0, 0.05) is 40.9 Å². The Hall–Kier alpha value is -3.50. The van der Waals surface area contributed by atoms with Gasteiger partial charge < -0.3 is 19.8 Å². The molecule has 4 rings (SSSR count). The third kappa shape index (κ3) is 5.60. The van der Waals surface area contributed by atoms with Gasteiger partial charge in [0.15, 0.2) is 0 Å². The fraction of sp³-hybridized carbons (Fsp3) is 0.429. The van der Waals surface area contributed by atoms with E-state index in [9.17, 15) is 4.79 Å². The number of piperidine rings is 1. The van der Waals surface area contributed by atoms with Crippen molar-refractivity contribution in [2.24, 2.45) is 0 Å². The van der Waals surface area contributed by atoms with E-state index in [1.54, 1.807) is 13.2 Å². The van der Waals surface area contributed by atoms with Crippen LogP contribution in [-0.4, -0.2) is 43.2 Å². The number of hydrogen-bond acceptors (Lipinski definition) is 6. The van der Waals surface area contributed by atoms with E-state index in [4.69, 9.17) is 14.7 Å². The molecule has 186 valence electrons. The predicted octanol–water partition coefficient (Wildman–Crippen LogP) is 5.96. The molecule has 1 aromatic heterocycles. The van der Waals surface area contributed by atoms with Crippen LogP contribution in [0, 0.1) is 18.3 Å². The first-order valence-corrected chi connectivity index (χ1v) is 12.3. The summed E-state index contributed by atoms with van der Waals surface area (Å²) in [5, 5.41) is 13.5. The summed E-state index contributed by atoms with van der Waals surface area (Å²) in [5.74, 6) is 0.508. The summed E-state index contributed by atoms with van der Waals surface area (Å²) in [7, 11) is 3.10. The molecule has 0 amide bonds. The van der Waals surface area contributed by atoms with Crippen LogP contribution in [0.15, 0.2) is 36.5 Å². The first-order chi connectivity index (χ1) is 17.1. The van der Waals surface area contributed by atoms with Gasteiger partial charge in [-0.3, -0.25) is 4.90 Å². The standard InChI is InChI=1S/C26H30N4O3.C2H6/c1-17-14-24(32-2)21(19-9-11-29-25(17)19)16-30-13-5-4-6-23(30)20-8-7-18(26(31)33-3)15-22(20)28-12-10-27;1-2/h7-9,11,14-15,23,28-29H,4-6,12-13,16H2,1-3H3;1-2H3. The number of esters is 1. The molecule has 35 heavy (non-hydrogen) atoms. The lowest BCUT2D eigenvalue weighted by Gasteiger charge is -2.37. The predicted molar refractivity (Wildman–Crippen MR) is 140 cm³/mol. The molecule has 0 saturated carbocycles. The smallest absolute Gasteiger partial charge is 0.337 e. The Bertz CT molecular complexity index is 1190. The summed E-state index contributed by atoms with van der Waals surface area (Å²) in [6.07, 6.45) is 5.23. The van der Waals surface area contributed by atoms with Gasteiger partial charge in [0.05, 0.1) is 25.9 Å². The van der Waals surface area contributed by atoms with Crippen molar-refractivity contribution in [1.82, 2.24) is 9.88 Å². The number of benzene rings is 2. The fourth-order valence-electron chi connectivity index (χ4n) is 4.90. The number of hydrogen-bond donors (Lipinski definition) is 2. The third-order valence-electron chi connectivity index (χ3n) is 6.50. The zero-order chi connectivity index (χ0) is 25.4. The van der Waals surface area contributed by atoms with Gasteiger partial charge in [0.25, 0.3) is 0 Å². The molecule has 1 aliphatic heterocycles. The van der Waals surface area contributed by atoms with Crippen molar-refractivity contribution in [3.8, 4) is 11.8 Å². The minimum atomic E-state index is -0.388. The number of nitrogens with one attached hydrogen (secondary N) is 2. The number of nitriles is 1. The third-order valence-corrected chi connectivity index (χ3v) is 6.50. The molecule has 0 bridgehead atoms. The number of carbonyl (C=O) groups excluding carboxylic acids is 1. The van der Waals surface area contributed by atoms with Gasteiger partial charge in [-0.2, -0.15) is 5.26 Å². The van der Waals surface area contributed by atoms with Crippen LogP contribution in [0.4, 0.5) is 5.69 Å². The number of nitrogens with zero attached hydrogens (tertiary/aromatic N) is 2. The summed E-state index contributed by atoms with van der Waals surface area (Å²) in [5.41, 5.74) is 5.83. The van der Waals surface area contributed by atoms with Gasteiger partial charge in [-0.15, -0.1) is 0 Å². The molecule has 7 heteroatoms. The monoisotopic (exact) mass is 476 g/mol. The van der Waals surface area contributed by atoms with E-state index in [-0.39, 0.29) is 18.6 Å². The van der Waals surface area contributed by atoms with Gasteiger partial charge in [-0.25, -0.2) is 4.79 Å². The Balaban J connectivity index is 0.00000167. The minimum absolute atomic E-state index is 0.159. The molecule has 2 heterocycles. The van der Waals surface area contributed by atoms with E-state index < -0.39 is 0 Å². The number of methoxy groups -OCH3 is 2. The molecule has 0 aliphatic carbocycles. The van der Waals surface area contributed by atoms with E-state index in [1.165, 1.54) is 18.1 Å². The van der Waals surface area contributed by atoms with E-state index in [0.29, 0.717) is 5.56 Å². The first-order valence-electron chi connectivity index (χ1n) is 12.3. The van der Waals surface area contributed by atoms with Crippen molar-refractivity contribution in [1.29, 1.82) is 5.26 Å². The minimum Gasteiger partial charge on any atom is -0.496 e. The SMILES string of the molecule is CC.COC(=O)c1ccc(C2CCCCN2Cc2c(OC)cc(C)c3[nH]ccc23)c(NCC#N)c1. The lowest BCUT2D eigenvalue weighted by molar-refractivity contribution is 0.0600. The van der Waals surface area contributed by atoms with Crippen molar-refractivity contribution < 1.29 is 14.3 Å². The summed E-state index contributed by atoms with van der Waals surface area (Å²) in [6, 6.07) is 12.1. The molecule has 1 saturated heterocycles. The topological polar surface area (TPSA) is 90.4 Å². The highest BCUT2D eigenvalue weighted by Crippen LogP contribution is 2.39. The number of carbonyl (C=O) groups is 1. The van der Waals surface area contributed by atoms with E-state index >= 15 is 0 Å². The molecule has 0 radical (unpaired) electrons. The molecule has 2 N–H and O–H groups in total.